The fourth-order valence-electron chi connectivity index (χ4n) is 2.24. The van der Waals surface area contributed by atoms with Gasteiger partial charge in [0.1, 0.15) is 11.5 Å². The quantitative estimate of drug-likeness (QED) is 0.629. The zero-order valence-corrected chi connectivity index (χ0v) is 13.3. The molecule has 3 aromatic carbocycles. The number of benzene rings is 3. The summed E-state index contributed by atoms with van der Waals surface area (Å²) >= 11 is 5.97. The molecule has 0 aromatic heterocycles. The maximum atomic E-state index is 12.5. The van der Waals surface area contributed by atoms with Crippen LogP contribution in [0.5, 0.6) is 11.5 Å². The van der Waals surface area contributed by atoms with Gasteiger partial charge in [-0.2, -0.15) is 0 Å². The van der Waals surface area contributed by atoms with Gasteiger partial charge in [0.25, 0.3) is 10.0 Å². The summed E-state index contributed by atoms with van der Waals surface area (Å²) in [6.45, 7) is 0. The summed E-state index contributed by atoms with van der Waals surface area (Å²) in [5.41, 5.74) is 0.261. The van der Waals surface area contributed by atoms with Crippen LogP contribution in [-0.4, -0.2) is 18.6 Å². The van der Waals surface area contributed by atoms with E-state index in [1.165, 1.54) is 30.3 Å². The minimum atomic E-state index is -3.85. The number of aromatic hydroxyl groups is 2. The summed E-state index contributed by atoms with van der Waals surface area (Å²) in [5.74, 6) is -0.128. The van der Waals surface area contributed by atoms with Gasteiger partial charge >= 0.3 is 0 Å². The largest absolute Gasteiger partial charge is 0.508 e. The summed E-state index contributed by atoms with van der Waals surface area (Å²) in [7, 11) is -3.85. The Bertz CT molecular complexity index is 985. The second-order valence-electron chi connectivity index (χ2n) is 4.90. The normalized spacial score (nSPS) is 11.5. The number of phenols is 2. The molecular weight excluding hydrogens is 338 g/mol. The molecule has 0 bridgehead atoms. The Kier molecular flexibility index (Phi) is 3.79. The van der Waals surface area contributed by atoms with Crippen LogP contribution in [0.1, 0.15) is 0 Å². The van der Waals surface area contributed by atoms with E-state index >= 15 is 0 Å². The molecule has 0 atom stereocenters. The van der Waals surface area contributed by atoms with Gasteiger partial charge in [-0.1, -0.05) is 35.9 Å². The van der Waals surface area contributed by atoms with Crippen LogP contribution in [0, 0.1) is 0 Å². The molecule has 0 aliphatic rings. The lowest BCUT2D eigenvalue weighted by Crippen LogP contribution is -2.13. The number of nitrogens with one attached hydrogen (secondary N) is 1. The van der Waals surface area contributed by atoms with Gasteiger partial charge in [0.2, 0.25) is 0 Å². The highest BCUT2D eigenvalue weighted by atomic mass is 35.5. The number of hydrogen-bond acceptors (Lipinski definition) is 4. The van der Waals surface area contributed by atoms with Crippen LogP contribution in [0.15, 0.2) is 59.5 Å². The standard InChI is InChI=1S/C16H12ClNO4S/c17-14-9-15(12-3-1-2-4-13(12)16(14)20)18-23(21,22)11-7-5-10(19)6-8-11/h1-9,18-20H. The molecule has 0 unspecified atom stereocenters. The highest BCUT2D eigenvalue weighted by molar-refractivity contribution is 7.92. The van der Waals surface area contributed by atoms with Gasteiger partial charge in [-0.05, 0) is 30.3 Å². The molecule has 5 nitrogen and oxygen atoms in total. The van der Waals surface area contributed by atoms with E-state index in [9.17, 15) is 18.6 Å². The van der Waals surface area contributed by atoms with Gasteiger partial charge in [0.15, 0.2) is 0 Å². The molecule has 0 aliphatic carbocycles. The lowest BCUT2D eigenvalue weighted by molar-refractivity contribution is 0.474. The maximum absolute atomic E-state index is 12.5. The Morgan fingerprint density at radius 2 is 1.52 bits per heavy atom. The van der Waals surface area contributed by atoms with Crippen molar-refractivity contribution in [2.75, 3.05) is 4.72 Å². The molecule has 0 saturated heterocycles. The molecule has 7 heteroatoms. The first-order valence-electron chi connectivity index (χ1n) is 6.60. The molecule has 3 N–H and O–H groups in total. The molecule has 0 heterocycles. The summed E-state index contributed by atoms with van der Waals surface area (Å²) in [6.07, 6.45) is 0. The van der Waals surface area contributed by atoms with Crippen LogP contribution < -0.4 is 4.72 Å². The third-order valence-electron chi connectivity index (χ3n) is 3.36. The first kappa shape index (κ1) is 15.5. The van der Waals surface area contributed by atoms with Crippen molar-refractivity contribution in [2.45, 2.75) is 4.90 Å². The summed E-state index contributed by atoms with van der Waals surface area (Å²) < 4.78 is 27.4. The fourth-order valence-corrected chi connectivity index (χ4v) is 3.52. The fraction of sp³-hybridized carbons (Fsp3) is 0. The molecule has 118 valence electrons. The average molecular weight is 350 g/mol. The van der Waals surface area contributed by atoms with Crippen LogP contribution >= 0.6 is 11.6 Å². The lowest BCUT2D eigenvalue weighted by Gasteiger charge is -2.13. The van der Waals surface area contributed by atoms with Crippen molar-refractivity contribution >= 4 is 38.1 Å². The molecule has 3 rings (SSSR count). The Hall–Kier alpha value is -2.44. The molecule has 0 fully saturated rings. The van der Waals surface area contributed by atoms with Crippen LogP contribution in [0.2, 0.25) is 5.02 Å². The summed E-state index contributed by atoms with van der Waals surface area (Å²) in [4.78, 5) is 0.00331. The molecule has 0 amide bonds. The third kappa shape index (κ3) is 2.91. The zero-order valence-electron chi connectivity index (χ0n) is 11.7. The molecule has 23 heavy (non-hydrogen) atoms. The van der Waals surface area contributed by atoms with Gasteiger partial charge in [-0.15, -0.1) is 0 Å². The van der Waals surface area contributed by atoms with Crippen molar-refractivity contribution < 1.29 is 18.6 Å². The van der Waals surface area contributed by atoms with Crippen LogP contribution in [0.25, 0.3) is 10.8 Å². The van der Waals surface area contributed by atoms with Gasteiger partial charge in [-0.3, -0.25) is 4.72 Å². The summed E-state index contributed by atoms with van der Waals surface area (Å²) in [5, 5.41) is 20.3. The van der Waals surface area contributed by atoms with Crippen LogP contribution in [0.3, 0.4) is 0 Å². The maximum Gasteiger partial charge on any atom is 0.261 e. The number of fused-ring (bicyclic) bond motifs is 1. The lowest BCUT2D eigenvalue weighted by atomic mass is 10.1. The minimum absolute atomic E-state index is 0.00331. The number of anilines is 1. The smallest absolute Gasteiger partial charge is 0.261 e. The molecule has 0 aliphatic heterocycles. The number of sulfonamides is 1. The van der Waals surface area contributed by atoms with Crippen molar-refractivity contribution in [1.29, 1.82) is 0 Å². The van der Waals surface area contributed by atoms with Crippen molar-refractivity contribution in [3.63, 3.8) is 0 Å². The molecule has 3 aromatic rings. The second-order valence-corrected chi connectivity index (χ2v) is 6.99. The topological polar surface area (TPSA) is 86.6 Å². The van der Waals surface area contributed by atoms with Gasteiger partial charge in [0, 0.05) is 10.8 Å². The molecule has 0 saturated carbocycles. The third-order valence-corrected chi connectivity index (χ3v) is 5.03. The zero-order chi connectivity index (χ0) is 16.6. The highest BCUT2D eigenvalue weighted by Crippen LogP contribution is 2.38. The second kappa shape index (κ2) is 5.64. The van der Waals surface area contributed by atoms with Crippen molar-refractivity contribution in [1.82, 2.24) is 0 Å². The van der Waals surface area contributed by atoms with Crippen LogP contribution in [0.4, 0.5) is 5.69 Å². The molecule has 0 radical (unpaired) electrons. The monoisotopic (exact) mass is 349 g/mol. The predicted molar refractivity (Wildman–Crippen MR) is 89.5 cm³/mol. The van der Waals surface area contributed by atoms with Crippen LogP contribution in [-0.2, 0) is 10.0 Å². The number of halogens is 1. The van der Waals surface area contributed by atoms with E-state index in [1.807, 2.05) is 0 Å². The van der Waals surface area contributed by atoms with E-state index in [0.29, 0.717) is 10.8 Å². The minimum Gasteiger partial charge on any atom is -0.508 e. The van der Waals surface area contributed by atoms with Gasteiger partial charge in [-0.25, -0.2) is 8.42 Å². The van der Waals surface area contributed by atoms with Crippen molar-refractivity contribution in [3.05, 3.63) is 59.6 Å². The van der Waals surface area contributed by atoms with E-state index in [0.717, 1.165) is 0 Å². The summed E-state index contributed by atoms with van der Waals surface area (Å²) in [6, 6.07) is 13.3. The highest BCUT2D eigenvalue weighted by Gasteiger charge is 2.17. The van der Waals surface area contributed by atoms with E-state index in [4.69, 9.17) is 11.6 Å². The Morgan fingerprint density at radius 3 is 2.17 bits per heavy atom. The van der Waals surface area contributed by atoms with Gasteiger partial charge in [0.05, 0.1) is 15.6 Å². The van der Waals surface area contributed by atoms with Crippen molar-refractivity contribution in [2.24, 2.45) is 0 Å². The first-order valence-corrected chi connectivity index (χ1v) is 8.46. The first-order chi connectivity index (χ1) is 10.9. The number of phenolic OH excluding ortho intramolecular Hbond substituents is 2. The Labute approximate surface area is 137 Å². The predicted octanol–water partition coefficient (Wildman–Crippen LogP) is 3.71. The van der Waals surface area contributed by atoms with E-state index in [1.54, 1.807) is 24.3 Å². The SMILES string of the molecule is O=S(=O)(Nc1cc(Cl)c(O)c2ccccc12)c1ccc(O)cc1. The number of rotatable bonds is 3. The average Bonchev–Trinajstić information content (AvgIpc) is 2.52. The van der Waals surface area contributed by atoms with E-state index in [-0.39, 0.29) is 27.1 Å². The Balaban J connectivity index is 2.11. The van der Waals surface area contributed by atoms with Gasteiger partial charge < -0.3 is 10.2 Å². The molecular formula is C16H12ClNO4S. The van der Waals surface area contributed by atoms with E-state index < -0.39 is 10.0 Å². The molecule has 0 spiro atoms. The van der Waals surface area contributed by atoms with E-state index in [2.05, 4.69) is 4.72 Å². The number of hydrogen-bond donors (Lipinski definition) is 3. The Morgan fingerprint density at radius 1 is 0.913 bits per heavy atom. The van der Waals surface area contributed by atoms with Crippen molar-refractivity contribution in [3.8, 4) is 11.5 Å².